The van der Waals surface area contributed by atoms with Gasteiger partial charge in [-0.1, -0.05) is 0 Å². The summed E-state index contributed by atoms with van der Waals surface area (Å²) in [5.41, 5.74) is 0.931. The molecule has 6 heteroatoms. The third kappa shape index (κ3) is 2.44. The standard InChI is InChI=1S/C12H12BrNO3S/c1-15-8-4-7(12-14-10(13)6-18-12)5-9(16-2)11(8)17-3/h4-6H,1-3H3. The normalized spacial score (nSPS) is 10.2. The second-order valence-corrected chi connectivity index (χ2v) is 5.06. The number of thiazole rings is 1. The molecule has 18 heavy (non-hydrogen) atoms. The minimum atomic E-state index is 0.583. The summed E-state index contributed by atoms with van der Waals surface area (Å²) in [6.45, 7) is 0. The van der Waals surface area contributed by atoms with Crippen LogP contribution in [0.3, 0.4) is 0 Å². The number of benzene rings is 1. The van der Waals surface area contributed by atoms with Crippen molar-refractivity contribution in [2.24, 2.45) is 0 Å². The monoisotopic (exact) mass is 329 g/mol. The van der Waals surface area contributed by atoms with E-state index in [9.17, 15) is 0 Å². The quantitative estimate of drug-likeness (QED) is 0.859. The molecule has 0 saturated carbocycles. The van der Waals surface area contributed by atoms with Gasteiger partial charge in [0.15, 0.2) is 11.5 Å². The highest BCUT2D eigenvalue weighted by molar-refractivity contribution is 9.10. The Balaban J connectivity index is 2.56. The summed E-state index contributed by atoms with van der Waals surface area (Å²) < 4.78 is 16.7. The molecule has 1 aromatic carbocycles. The Kier molecular flexibility index (Phi) is 4.08. The zero-order chi connectivity index (χ0) is 13.1. The molecule has 0 bridgehead atoms. The third-order valence-corrected chi connectivity index (χ3v) is 3.99. The van der Waals surface area contributed by atoms with Gasteiger partial charge in [0, 0.05) is 10.9 Å². The molecule has 1 aromatic heterocycles. The van der Waals surface area contributed by atoms with Crippen LogP contribution < -0.4 is 14.2 Å². The van der Waals surface area contributed by atoms with E-state index in [1.54, 1.807) is 32.7 Å². The summed E-state index contributed by atoms with van der Waals surface area (Å²) in [6.07, 6.45) is 0. The van der Waals surface area contributed by atoms with Gasteiger partial charge >= 0.3 is 0 Å². The van der Waals surface area contributed by atoms with E-state index in [0.29, 0.717) is 17.2 Å². The number of ether oxygens (including phenoxy) is 3. The fraction of sp³-hybridized carbons (Fsp3) is 0.250. The van der Waals surface area contributed by atoms with Gasteiger partial charge in [0.25, 0.3) is 0 Å². The summed E-state index contributed by atoms with van der Waals surface area (Å²) in [7, 11) is 4.78. The predicted molar refractivity (Wildman–Crippen MR) is 74.9 cm³/mol. The Labute approximate surface area is 118 Å². The van der Waals surface area contributed by atoms with Crippen LogP contribution in [-0.2, 0) is 0 Å². The van der Waals surface area contributed by atoms with Crippen LogP contribution in [0.4, 0.5) is 0 Å². The third-order valence-electron chi connectivity index (χ3n) is 2.39. The number of halogens is 1. The van der Waals surface area contributed by atoms with Crippen molar-refractivity contribution >= 4 is 27.3 Å². The highest BCUT2D eigenvalue weighted by Crippen LogP contribution is 2.41. The largest absolute Gasteiger partial charge is 0.493 e. The van der Waals surface area contributed by atoms with Crippen molar-refractivity contribution in [2.45, 2.75) is 0 Å². The second-order valence-electron chi connectivity index (χ2n) is 3.39. The summed E-state index contributed by atoms with van der Waals surface area (Å²) >= 11 is 4.89. The number of aromatic nitrogens is 1. The summed E-state index contributed by atoms with van der Waals surface area (Å²) in [6, 6.07) is 3.76. The first kappa shape index (κ1) is 13.2. The molecule has 1 heterocycles. The molecule has 0 aliphatic carbocycles. The highest BCUT2D eigenvalue weighted by atomic mass is 79.9. The van der Waals surface area contributed by atoms with Crippen molar-refractivity contribution in [3.05, 3.63) is 22.1 Å². The van der Waals surface area contributed by atoms with Crippen LogP contribution in [-0.4, -0.2) is 26.3 Å². The van der Waals surface area contributed by atoms with Crippen LogP contribution in [0, 0.1) is 0 Å². The highest BCUT2D eigenvalue weighted by Gasteiger charge is 2.15. The van der Waals surface area contributed by atoms with Crippen molar-refractivity contribution < 1.29 is 14.2 Å². The molecule has 0 amide bonds. The number of methoxy groups -OCH3 is 3. The van der Waals surface area contributed by atoms with Crippen LogP contribution >= 0.6 is 27.3 Å². The van der Waals surface area contributed by atoms with E-state index in [2.05, 4.69) is 20.9 Å². The van der Waals surface area contributed by atoms with Crippen LogP contribution in [0.1, 0.15) is 0 Å². The van der Waals surface area contributed by atoms with Crippen LogP contribution in [0.5, 0.6) is 17.2 Å². The van der Waals surface area contributed by atoms with E-state index in [-0.39, 0.29) is 0 Å². The van der Waals surface area contributed by atoms with Crippen LogP contribution in [0.15, 0.2) is 22.1 Å². The molecule has 2 rings (SSSR count). The van der Waals surface area contributed by atoms with Gasteiger partial charge in [-0.2, -0.15) is 0 Å². The van der Waals surface area contributed by atoms with Gasteiger partial charge in [0.1, 0.15) is 9.61 Å². The topological polar surface area (TPSA) is 40.6 Å². The van der Waals surface area contributed by atoms with E-state index in [1.165, 1.54) is 0 Å². The van der Waals surface area contributed by atoms with Gasteiger partial charge in [0.2, 0.25) is 5.75 Å². The first-order valence-electron chi connectivity index (χ1n) is 5.11. The minimum Gasteiger partial charge on any atom is -0.493 e. The Hall–Kier alpha value is -1.27. The second kappa shape index (κ2) is 5.58. The molecule has 0 aliphatic heterocycles. The molecular weight excluding hydrogens is 318 g/mol. The van der Waals surface area contributed by atoms with E-state index in [1.807, 2.05) is 17.5 Å². The van der Waals surface area contributed by atoms with Gasteiger partial charge in [0.05, 0.1) is 21.3 Å². The number of nitrogens with zero attached hydrogens (tertiary/aromatic N) is 1. The zero-order valence-electron chi connectivity index (χ0n) is 10.2. The average Bonchev–Trinajstić information content (AvgIpc) is 2.83. The van der Waals surface area contributed by atoms with E-state index in [4.69, 9.17) is 14.2 Å². The van der Waals surface area contributed by atoms with Crippen molar-refractivity contribution in [1.29, 1.82) is 0 Å². The smallest absolute Gasteiger partial charge is 0.203 e. The van der Waals surface area contributed by atoms with Crippen LogP contribution in [0.2, 0.25) is 0 Å². The molecule has 2 aromatic rings. The molecule has 0 atom stereocenters. The fourth-order valence-corrected chi connectivity index (χ4v) is 2.83. The average molecular weight is 330 g/mol. The van der Waals surface area contributed by atoms with Gasteiger partial charge in [-0.15, -0.1) is 11.3 Å². The molecule has 0 radical (unpaired) electrons. The molecule has 0 aliphatic rings. The molecule has 4 nitrogen and oxygen atoms in total. The zero-order valence-corrected chi connectivity index (χ0v) is 12.6. The van der Waals surface area contributed by atoms with Crippen molar-refractivity contribution in [1.82, 2.24) is 4.98 Å². The lowest BCUT2D eigenvalue weighted by molar-refractivity contribution is 0.324. The summed E-state index contributed by atoms with van der Waals surface area (Å²) in [5, 5.41) is 2.82. The first-order chi connectivity index (χ1) is 8.69. The van der Waals surface area contributed by atoms with E-state index < -0.39 is 0 Å². The van der Waals surface area contributed by atoms with Crippen molar-refractivity contribution in [3.8, 4) is 27.8 Å². The lowest BCUT2D eigenvalue weighted by Gasteiger charge is -2.13. The van der Waals surface area contributed by atoms with Crippen LogP contribution in [0.25, 0.3) is 10.6 Å². The molecule has 96 valence electrons. The molecule has 0 N–H and O–H groups in total. The molecule has 0 spiro atoms. The number of rotatable bonds is 4. The fourth-order valence-electron chi connectivity index (χ4n) is 1.59. The van der Waals surface area contributed by atoms with E-state index in [0.717, 1.165) is 15.2 Å². The minimum absolute atomic E-state index is 0.583. The number of hydrogen-bond acceptors (Lipinski definition) is 5. The Bertz CT molecular complexity index is 531. The first-order valence-corrected chi connectivity index (χ1v) is 6.78. The maximum absolute atomic E-state index is 5.31. The van der Waals surface area contributed by atoms with Crippen molar-refractivity contribution in [3.63, 3.8) is 0 Å². The van der Waals surface area contributed by atoms with Gasteiger partial charge < -0.3 is 14.2 Å². The molecule has 0 saturated heterocycles. The predicted octanol–water partition coefficient (Wildman–Crippen LogP) is 3.60. The Morgan fingerprint density at radius 1 is 1.06 bits per heavy atom. The van der Waals surface area contributed by atoms with Gasteiger partial charge in [-0.25, -0.2) is 4.98 Å². The molecular formula is C12H12BrNO3S. The number of hydrogen-bond donors (Lipinski definition) is 0. The Morgan fingerprint density at radius 3 is 2.06 bits per heavy atom. The Morgan fingerprint density at radius 2 is 1.67 bits per heavy atom. The lowest BCUT2D eigenvalue weighted by Crippen LogP contribution is -1.95. The van der Waals surface area contributed by atoms with Gasteiger partial charge in [-0.3, -0.25) is 0 Å². The lowest BCUT2D eigenvalue weighted by atomic mass is 10.2. The van der Waals surface area contributed by atoms with E-state index >= 15 is 0 Å². The molecule has 0 fully saturated rings. The summed E-state index contributed by atoms with van der Waals surface area (Å²) in [4.78, 5) is 4.37. The maximum atomic E-state index is 5.31. The molecule has 0 unspecified atom stereocenters. The maximum Gasteiger partial charge on any atom is 0.203 e. The van der Waals surface area contributed by atoms with Gasteiger partial charge in [-0.05, 0) is 28.1 Å². The summed E-state index contributed by atoms with van der Waals surface area (Å²) in [5.74, 6) is 1.83. The van der Waals surface area contributed by atoms with Crippen molar-refractivity contribution in [2.75, 3.05) is 21.3 Å². The SMILES string of the molecule is COc1cc(-c2nc(Br)cs2)cc(OC)c1OC.